The van der Waals surface area contributed by atoms with Crippen LogP contribution in [0.3, 0.4) is 0 Å². The van der Waals surface area contributed by atoms with Crippen LogP contribution in [0.4, 0.5) is 0 Å². The topological polar surface area (TPSA) is 96.9 Å². The van der Waals surface area contributed by atoms with Crippen molar-refractivity contribution in [1.82, 2.24) is 10.6 Å². The maximum atomic E-state index is 11.6. The fourth-order valence-corrected chi connectivity index (χ4v) is 1.34. The van der Waals surface area contributed by atoms with E-state index in [-0.39, 0.29) is 6.61 Å². The molecule has 0 saturated carbocycles. The molecule has 2 atom stereocenters. The Bertz CT molecular complexity index is 252. The Morgan fingerprint density at radius 2 is 2.44 bits per heavy atom. The number of nitrogens with one attached hydrogen (secondary N) is 2. The molecule has 0 aromatic carbocycles. The highest BCUT2D eigenvalue weighted by Gasteiger charge is 2.26. The van der Waals surface area contributed by atoms with Gasteiger partial charge in [0.05, 0.1) is 13.2 Å². The van der Waals surface area contributed by atoms with E-state index in [9.17, 15) is 9.59 Å². The smallest absolute Gasteiger partial charge is 0.328 e. The second-order valence-electron chi connectivity index (χ2n) is 3.42. The zero-order valence-electron chi connectivity index (χ0n) is 9.06. The van der Waals surface area contributed by atoms with Gasteiger partial charge in [-0.25, -0.2) is 4.79 Å². The highest BCUT2D eigenvalue weighted by Crippen LogP contribution is 1.97. The molecule has 0 spiro atoms. The summed E-state index contributed by atoms with van der Waals surface area (Å²) in [5.41, 5.74) is 0. The van der Waals surface area contributed by atoms with Crippen LogP contribution < -0.4 is 10.6 Å². The standard InChI is InChI=1S/C9H16N2O5/c1-15-5-6(9(13)14)11-8(12)7-4-10-2-3-16-7/h6-7,10H,2-5H2,1H3,(H,11,12)(H,13,14). The first-order valence-corrected chi connectivity index (χ1v) is 4.99. The van der Waals surface area contributed by atoms with E-state index < -0.39 is 24.0 Å². The van der Waals surface area contributed by atoms with Gasteiger partial charge in [0.25, 0.3) is 5.91 Å². The first kappa shape index (κ1) is 12.9. The van der Waals surface area contributed by atoms with Crippen LogP contribution in [0.25, 0.3) is 0 Å². The lowest BCUT2D eigenvalue weighted by molar-refractivity contribution is -0.146. The zero-order chi connectivity index (χ0) is 12.0. The largest absolute Gasteiger partial charge is 0.480 e. The van der Waals surface area contributed by atoms with Crippen molar-refractivity contribution in [3.8, 4) is 0 Å². The predicted octanol–water partition coefficient (Wildman–Crippen LogP) is -1.81. The summed E-state index contributed by atoms with van der Waals surface area (Å²) in [6, 6.07) is -1.04. The van der Waals surface area contributed by atoms with Gasteiger partial charge < -0.3 is 25.2 Å². The molecule has 1 aliphatic rings. The number of carbonyl (C=O) groups excluding carboxylic acids is 1. The Kier molecular flexibility index (Phi) is 5.17. The molecule has 2 unspecified atom stereocenters. The normalized spacial score (nSPS) is 22.4. The predicted molar refractivity (Wildman–Crippen MR) is 54.1 cm³/mol. The highest BCUT2D eigenvalue weighted by atomic mass is 16.5. The van der Waals surface area contributed by atoms with Crippen molar-refractivity contribution in [2.75, 3.05) is 33.4 Å². The lowest BCUT2D eigenvalue weighted by atomic mass is 10.2. The Hall–Kier alpha value is -1.18. The molecule has 3 N–H and O–H groups in total. The number of rotatable bonds is 5. The second kappa shape index (κ2) is 6.41. The molecule has 0 aliphatic carbocycles. The van der Waals surface area contributed by atoms with Gasteiger partial charge in [-0.1, -0.05) is 0 Å². The molecule has 7 nitrogen and oxygen atoms in total. The summed E-state index contributed by atoms with van der Waals surface area (Å²) < 4.78 is 9.89. The third-order valence-electron chi connectivity index (χ3n) is 2.17. The molecular formula is C9H16N2O5. The van der Waals surface area contributed by atoms with E-state index in [0.29, 0.717) is 19.7 Å². The lowest BCUT2D eigenvalue weighted by Gasteiger charge is -2.24. The van der Waals surface area contributed by atoms with E-state index in [4.69, 9.17) is 14.6 Å². The number of amides is 1. The van der Waals surface area contributed by atoms with Gasteiger partial charge in [0.2, 0.25) is 0 Å². The van der Waals surface area contributed by atoms with E-state index in [1.807, 2.05) is 0 Å². The highest BCUT2D eigenvalue weighted by molar-refractivity contribution is 5.86. The maximum absolute atomic E-state index is 11.6. The van der Waals surface area contributed by atoms with Gasteiger partial charge in [0.1, 0.15) is 6.10 Å². The summed E-state index contributed by atoms with van der Waals surface area (Å²) in [5, 5.41) is 14.1. The van der Waals surface area contributed by atoms with E-state index in [2.05, 4.69) is 10.6 Å². The van der Waals surface area contributed by atoms with Gasteiger partial charge in [-0.3, -0.25) is 4.79 Å². The van der Waals surface area contributed by atoms with Crippen molar-refractivity contribution < 1.29 is 24.2 Å². The summed E-state index contributed by atoms with van der Waals surface area (Å²) in [7, 11) is 1.38. The average Bonchev–Trinajstić information content (AvgIpc) is 2.29. The molecule has 0 aromatic heterocycles. The Morgan fingerprint density at radius 1 is 1.69 bits per heavy atom. The minimum Gasteiger partial charge on any atom is -0.480 e. The third-order valence-corrected chi connectivity index (χ3v) is 2.17. The molecule has 7 heteroatoms. The molecule has 1 heterocycles. The average molecular weight is 232 g/mol. The third kappa shape index (κ3) is 3.76. The first-order chi connectivity index (χ1) is 7.65. The molecule has 1 aliphatic heterocycles. The van der Waals surface area contributed by atoms with Crippen molar-refractivity contribution in [2.45, 2.75) is 12.1 Å². The van der Waals surface area contributed by atoms with Gasteiger partial charge in [0, 0.05) is 20.2 Å². The molecule has 0 radical (unpaired) electrons. The zero-order valence-corrected chi connectivity index (χ0v) is 9.06. The first-order valence-electron chi connectivity index (χ1n) is 4.99. The van der Waals surface area contributed by atoms with Crippen molar-refractivity contribution in [1.29, 1.82) is 0 Å². The van der Waals surface area contributed by atoms with Gasteiger partial charge in [-0.15, -0.1) is 0 Å². The van der Waals surface area contributed by atoms with Gasteiger partial charge in [-0.2, -0.15) is 0 Å². The number of carboxylic acid groups (broad SMARTS) is 1. The number of carbonyl (C=O) groups is 2. The van der Waals surface area contributed by atoms with E-state index in [0.717, 1.165) is 0 Å². The van der Waals surface area contributed by atoms with Gasteiger partial charge in [0.15, 0.2) is 6.04 Å². The van der Waals surface area contributed by atoms with Crippen LogP contribution >= 0.6 is 0 Å². The van der Waals surface area contributed by atoms with E-state index in [1.165, 1.54) is 7.11 Å². The molecular weight excluding hydrogens is 216 g/mol. The number of hydrogen-bond acceptors (Lipinski definition) is 5. The van der Waals surface area contributed by atoms with Gasteiger partial charge in [-0.05, 0) is 0 Å². The lowest BCUT2D eigenvalue weighted by Crippen LogP contribution is -2.53. The number of aliphatic carboxylic acids is 1. The minimum atomic E-state index is -1.13. The summed E-state index contributed by atoms with van der Waals surface area (Å²) in [5.74, 6) is -1.56. The number of morpholine rings is 1. The van der Waals surface area contributed by atoms with Crippen molar-refractivity contribution in [3.63, 3.8) is 0 Å². The quantitative estimate of drug-likeness (QED) is 0.517. The Morgan fingerprint density at radius 3 is 2.94 bits per heavy atom. The van der Waals surface area contributed by atoms with Crippen LogP contribution in [0.5, 0.6) is 0 Å². The Balaban J connectivity index is 2.43. The second-order valence-corrected chi connectivity index (χ2v) is 3.42. The summed E-state index contributed by atoms with van der Waals surface area (Å²) in [6.07, 6.45) is -0.632. The maximum Gasteiger partial charge on any atom is 0.328 e. The SMILES string of the molecule is COCC(NC(=O)C1CNCCO1)C(=O)O. The van der Waals surface area contributed by atoms with Crippen molar-refractivity contribution >= 4 is 11.9 Å². The van der Waals surface area contributed by atoms with Crippen LogP contribution in [-0.4, -0.2) is 62.5 Å². The van der Waals surface area contributed by atoms with Crippen LogP contribution in [-0.2, 0) is 19.1 Å². The van der Waals surface area contributed by atoms with Gasteiger partial charge >= 0.3 is 5.97 Å². The molecule has 92 valence electrons. The van der Waals surface area contributed by atoms with Crippen LogP contribution in [0.2, 0.25) is 0 Å². The number of ether oxygens (including phenoxy) is 2. The van der Waals surface area contributed by atoms with Crippen LogP contribution in [0, 0.1) is 0 Å². The van der Waals surface area contributed by atoms with Crippen molar-refractivity contribution in [2.24, 2.45) is 0 Å². The molecule has 1 amide bonds. The minimum absolute atomic E-state index is 0.0682. The Labute approximate surface area is 93.1 Å². The fraction of sp³-hybridized carbons (Fsp3) is 0.778. The van der Waals surface area contributed by atoms with E-state index in [1.54, 1.807) is 0 Å². The van der Waals surface area contributed by atoms with Crippen LogP contribution in [0.1, 0.15) is 0 Å². The molecule has 1 fully saturated rings. The van der Waals surface area contributed by atoms with Crippen molar-refractivity contribution in [3.05, 3.63) is 0 Å². The molecule has 1 saturated heterocycles. The molecule has 0 bridgehead atoms. The summed E-state index contributed by atoms with van der Waals surface area (Å²) in [4.78, 5) is 22.3. The monoisotopic (exact) mass is 232 g/mol. The van der Waals surface area contributed by atoms with Crippen LogP contribution in [0.15, 0.2) is 0 Å². The number of carboxylic acids is 1. The number of hydrogen-bond donors (Lipinski definition) is 3. The molecule has 16 heavy (non-hydrogen) atoms. The fourth-order valence-electron chi connectivity index (χ4n) is 1.34. The molecule has 1 rings (SSSR count). The number of methoxy groups -OCH3 is 1. The van der Waals surface area contributed by atoms with E-state index >= 15 is 0 Å². The molecule has 0 aromatic rings. The summed E-state index contributed by atoms with van der Waals surface area (Å²) in [6.45, 7) is 1.47. The summed E-state index contributed by atoms with van der Waals surface area (Å²) >= 11 is 0.